The smallest absolute Gasteiger partial charge is 0.00793 e. The summed E-state index contributed by atoms with van der Waals surface area (Å²) in [5.74, 6) is 1.74. The molecule has 2 unspecified atom stereocenters. The standard InChI is InChI=1S/C14H28N2/c1-14(2,3)12-6-8-16(10-12)9-7-13(15)11-4-5-11/h11-13H,4-10,15H2,1-3H3. The predicted octanol–water partition coefficient (Wildman–Crippen LogP) is 2.48. The van der Waals surface area contributed by atoms with Crippen LogP contribution in [0.15, 0.2) is 0 Å². The Morgan fingerprint density at radius 1 is 1.25 bits per heavy atom. The minimum atomic E-state index is 0.480. The van der Waals surface area contributed by atoms with E-state index in [2.05, 4.69) is 25.7 Å². The van der Waals surface area contributed by atoms with Crippen LogP contribution in [-0.4, -0.2) is 30.6 Å². The molecule has 0 radical (unpaired) electrons. The van der Waals surface area contributed by atoms with E-state index in [0.29, 0.717) is 11.5 Å². The van der Waals surface area contributed by atoms with Gasteiger partial charge in [-0.25, -0.2) is 0 Å². The van der Waals surface area contributed by atoms with Crippen molar-refractivity contribution in [2.24, 2.45) is 23.0 Å². The summed E-state index contributed by atoms with van der Waals surface area (Å²) in [7, 11) is 0. The fraction of sp³-hybridized carbons (Fsp3) is 1.00. The monoisotopic (exact) mass is 224 g/mol. The molecule has 0 aromatic carbocycles. The molecule has 0 aromatic heterocycles. The zero-order chi connectivity index (χ0) is 11.8. The maximum Gasteiger partial charge on any atom is 0.00793 e. The van der Waals surface area contributed by atoms with E-state index in [4.69, 9.17) is 5.73 Å². The molecular weight excluding hydrogens is 196 g/mol. The average Bonchev–Trinajstić information content (AvgIpc) is 2.92. The number of hydrogen-bond donors (Lipinski definition) is 1. The normalized spacial score (nSPS) is 29.6. The molecule has 2 aliphatic rings. The first-order valence-corrected chi connectivity index (χ1v) is 6.95. The van der Waals surface area contributed by atoms with Crippen LogP contribution >= 0.6 is 0 Å². The highest BCUT2D eigenvalue weighted by Gasteiger charge is 2.33. The summed E-state index contributed by atoms with van der Waals surface area (Å²) < 4.78 is 0. The summed E-state index contributed by atoms with van der Waals surface area (Å²) in [5, 5.41) is 0. The van der Waals surface area contributed by atoms with E-state index in [1.54, 1.807) is 0 Å². The van der Waals surface area contributed by atoms with Gasteiger partial charge in [0.1, 0.15) is 0 Å². The van der Waals surface area contributed by atoms with Crippen LogP contribution in [-0.2, 0) is 0 Å². The van der Waals surface area contributed by atoms with E-state index in [1.165, 1.54) is 45.3 Å². The van der Waals surface area contributed by atoms with Crippen LogP contribution in [0.2, 0.25) is 0 Å². The van der Waals surface area contributed by atoms with E-state index >= 15 is 0 Å². The van der Waals surface area contributed by atoms with Gasteiger partial charge in [-0.15, -0.1) is 0 Å². The van der Waals surface area contributed by atoms with E-state index in [0.717, 1.165) is 11.8 Å². The SMILES string of the molecule is CC(C)(C)C1CCN(CCC(N)C2CC2)C1. The molecule has 2 nitrogen and oxygen atoms in total. The third kappa shape index (κ3) is 3.21. The van der Waals surface area contributed by atoms with Gasteiger partial charge in [-0.2, -0.15) is 0 Å². The molecule has 94 valence electrons. The van der Waals surface area contributed by atoms with Gasteiger partial charge in [0.15, 0.2) is 0 Å². The van der Waals surface area contributed by atoms with Crippen LogP contribution in [0.1, 0.15) is 46.5 Å². The number of hydrogen-bond acceptors (Lipinski definition) is 2. The lowest BCUT2D eigenvalue weighted by Gasteiger charge is -2.27. The molecule has 2 heteroatoms. The molecule has 0 bridgehead atoms. The molecule has 2 N–H and O–H groups in total. The maximum atomic E-state index is 6.15. The quantitative estimate of drug-likeness (QED) is 0.795. The third-order valence-corrected chi connectivity index (χ3v) is 4.50. The van der Waals surface area contributed by atoms with Crippen molar-refractivity contribution in [3.05, 3.63) is 0 Å². The summed E-state index contributed by atoms with van der Waals surface area (Å²) >= 11 is 0. The molecule has 1 aliphatic heterocycles. The Morgan fingerprint density at radius 3 is 2.44 bits per heavy atom. The lowest BCUT2D eigenvalue weighted by atomic mass is 9.80. The lowest BCUT2D eigenvalue weighted by molar-refractivity contribution is 0.225. The first-order chi connectivity index (χ1) is 7.47. The van der Waals surface area contributed by atoms with Crippen LogP contribution in [0, 0.1) is 17.3 Å². The second-order valence-corrected chi connectivity index (χ2v) is 6.94. The summed E-state index contributed by atoms with van der Waals surface area (Å²) in [5.41, 5.74) is 6.63. The molecule has 0 spiro atoms. The topological polar surface area (TPSA) is 29.3 Å². The Kier molecular flexibility index (Phi) is 3.60. The third-order valence-electron chi connectivity index (χ3n) is 4.50. The molecule has 2 fully saturated rings. The van der Waals surface area contributed by atoms with Crippen molar-refractivity contribution >= 4 is 0 Å². The summed E-state index contributed by atoms with van der Waals surface area (Å²) in [6, 6.07) is 0.480. The Labute approximate surface area is 101 Å². The second kappa shape index (κ2) is 4.66. The molecule has 2 atom stereocenters. The van der Waals surface area contributed by atoms with Crippen LogP contribution in [0.4, 0.5) is 0 Å². The molecule has 0 amide bonds. The van der Waals surface area contributed by atoms with Gasteiger partial charge in [-0.3, -0.25) is 0 Å². The fourth-order valence-electron chi connectivity index (χ4n) is 2.83. The Hall–Kier alpha value is -0.0800. The predicted molar refractivity (Wildman–Crippen MR) is 69.3 cm³/mol. The molecule has 2 rings (SSSR count). The van der Waals surface area contributed by atoms with Crippen molar-refractivity contribution in [3.63, 3.8) is 0 Å². The lowest BCUT2D eigenvalue weighted by Crippen LogP contribution is -2.31. The first-order valence-electron chi connectivity index (χ1n) is 6.95. The number of nitrogens with zero attached hydrogens (tertiary/aromatic N) is 1. The molecule has 1 heterocycles. The Bertz CT molecular complexity index is 227. The fourth-order valence-corrected chi connectivity index (χ4v) is 2.83. The summed E-state index contributed by atoms with van der Waals surface area (Å²) in [6.07, 6.45) is 5.35. The highest BCUT2D eigenvalue weighted by atomic mass is 15.1. The van der Waals surface area contributed by atoms with Gasteiger partial charge < -0.3 is 10.6 Å². The second-order valence-electron chi connectivity index (χ2n) is 6.94. The zero-order valence-electron chi connectivity index (χ0n) is 11.2. The molecule has 1 aliphatic carbocycles. The van der Waals surface area contributed by atoms with Crippen molar-refractivity contribution in [2.75, 3.05) is 19.6 Å². The van der Waals surface area contributed by atoms with Gasteiger partial charge in [-0.05, 0) is 56.0 Å². The summed E-state index contributed by atoms with van der Waals surface area (Å²) in [6.45, 7) is 10.9. The van der Waals surface area contributed by atoms with Gasteiger partial charge in [0.25, 0.3) is 0 Å². The molecule has 1 saturated carbocycles. The van der Waals surface area contributed by atoms with E-state index in [-0.39, 0.29) is 0 Å². The Balaban J connectivity index is 1.68. The van der Waals surface area contributed by atoms with Crippen molar-refractivity contribution in [1.29, 1.82) is 0 Å². The largest absolute Gasteiger partial charge is 0.327 e. The van der Waals surface area contributed by atoms with E-state index in [1.807, 2.05) is 0 Å². The minimum Gasteiger partial charge on any atom is -0.327 e. The minimum absolute atomic E-state index is 0.480. The number of nitrogens with two attached hydrogens (primary N) is 1. The van der Waals surface area contributed by atoms with Crippen LogP contribution in [0.5, 0.6) is 0 Å². The van der Waals surface area contributed by atoms with Crippen molar-refractivity contribution < 1.29 is 0 Å². The van der Waals surface area contributed by atoms with Gasteiger partial charge in [0.05, 0.1) is 0 Å². The van der Waals surface area contributed by atoms with Gasteiger partial charge in [-0.1, -0.05) is 20.8 Å². The molecular formula is C14H28N2. The molecule has 16 heavy (non-hydrogen) atoms. The van der Waals surface area contributed by atoms with Gasteiger partial charge in [0.2, 0.25) is 0 Å². The number of rotatable bonds is 4. The van der Waals surface area contributed by atoms with E-state index in [9.17, 15) is 0 Å². The van der Waals surface area contributed by atoms with Crippen LogP contribution in [0.3, 0.4) is 0 Å². The van der Waals surface area contributed by atoms with Crippen molar-refractivity contribution in [1.82, 2.24) is 4.90 Å². The van der Waals surface area contributed by atoms with Crippen molar-refractivity contribution in [3.8, 4) is 0 Å². The van der Waals surface area contributed by atoms with E-state index < -0.39 is 0 Å². The highest BCUT2D eigenvalue weighted by molar-refractivity contribution is 4.87. The molecule has 1 saturated heterocycles. The summed E-state index contributed by atoms with van der Waals surface area (Å²) in [4.78, 5) is 2.62. The maximum absolute atomic E-state index is 6.15. The number of likely N-dealkylation sites (tertiary alicyclic amines) is 1. The average molecular weight is 224 g/mol. The van der Waals surface area contributed by atoms with Gasteiger partial charge in [0, 0.05) is 12.6 Å². The van der Waals surface area contributed by atoms with Crippen molar-refractivity contribution in [2.45, 2.75) is 52.5 Å². The van der Waals surface area contributed by atoms with Crippen LogP contribution in [0.25, 0.3) is 0 Å². The van der Waals surface area contributed by atoms with Crippen LogP contribution < -0.4 is 5.73 Å². The molecule has 0 aromatic rings. The zero-order valence-corrected chi connectivity index (χ0v) is 11.2. The Morgan fingerprint density at radius 2 is 1.94 bits per heavy atom. The first kappa shape index (κ1) is 12.4. The van der Waals surface area contributed by atoms with Gasteiger partial charge >= 0.3 is 0 Å². The highest BCUT2D eigenvalue weighted by Crippen LogP contribution is 2.35.